The Labute approximate surface area is 107 Å². The number of rotatable bonds is 6. The van der Waals surface area contributed by atoms with E-state index in [-0.39, 0.29) is 6.61 Å². The van der Waals surface area contributed by atoms with Gasteiger partial charge in [-0.2, -0.15) is 0 Å². The number of aliphatic hydroxyl groups excluding tert-OH is 1. The molecule has 1 fully saturated rings. The minimum atomic E-state index is 0.0293. The van der Waals surface area contributed by atoms with Gasteiger partial charge in [0, 0.05) is 19.7 Å². The topological polar surface area (TPSA) is 32.7 Å². The number of benzene rings is 1. The van der Waals surface area contributed by atoms with E-state index in [1.54, 1.807) is 7.11 Å². The van der Waals surface area contributed by atoms with Gasteiger partial charge in [0.25, 0.3) is 0 Å². The molecule has 0 amide bonds. The van der Waals surface area contributed by atoms with Crippen LogP contribution in [-0.4, -0.2) is 31.4 Å². The van der Waals surface area contributed by atoms with Crippen molar-refractivity contribution in [1.82, 2.24) is 0 Å². The van der Waals surface area contributed by atoms with E-state index in [1.165, 1.54) is 12.8 Å². The van der Waals surface area contributed by atoms with Crippen molar-refractivity contribution in [3.8, 4) is 0 Å². The van der Waals surface area contributed by atoms with E-state index in [9.17, 15) is 0 Å². The molecule has 2 rings (SSSR count). The molecule has 0 spiro atoms. The highest BCUT2D eigenvalue weighted by atomic mass is 35.5. The second-order valence-corrected chi connectivity index (χ2v) is 4.77. The third-order valence-corrected chi connectivity index (χ3v) is 3.33. The summed E-state index contributed by atoms with van der Waals surface area (Å²) in [6, 6.07) is 6.34. The molecular formula is C13H18ClNO2. The summed E-state index contributed by atoms with van der Waals surface area (Å²) in [6.07, 6.45) is 2.45. The average Bonchev–Trinajstić information content (AvgIpc) is 3.15. The van der Waals surface area contributed by atoms with Gasteiger partial charge in [0.2, 0.25) is 0 Å². The first-order valence-corrected chi connectivity index (χ1v) is 6.29. The normalized spacial score (nSPS) is 15.0. The fourth-order valence-electron chi connectivity index (χ4n) is 1.96. The molecule has 0 heterocycles. The lowest BCUT2D eigenvalue weighted by Crippen LogP contribution is -2.29. The molecule has 94 valence electrons. The molecule has 0 atom stereocenters. The van der Waals surface area contributed by atoms with Crippen molar-refractivity contribution in [2.45, 2.75) is 25.5 Å². The molecule has 0 radical (unpaired) electrons. The Balaban J connectivity index is 2.16. The molecule has 0 saturated heterocycles. The molecule has 0 aromatic heterocycles. The quantitative estimate of drug-likeness (QED) is 0.848. The van der Waals surface area contributed by atoms with Crippen molar-refractivity contribution in [2.75, 3.05) is 25.2 Å². The van der Waals surface area contributed by atoms with Gasteiger partial charge in [-0.05, 0) is 30.5 Å². The van der Waals surface area contributed by atoms with Gasteiger partial charge in [0.15, 0.2) is 0 Å². The molecule has 17 heavy (non-hydrogen) atoms. The van der Waals surface area contributed by atoms with Gasteiger partial charge in [-0.25, -0.2) is 0 Å². The number of halogens is 1. The molecule has 1 aromatic rings. The number of aliphatic hydroxyl groups is 1. The third kappa shape index (κ3) is 3.12. The van der Waals surface area contributed by atoms with Crippen LogP contribution in [0.3, 0.4) is 0 Å². The maximum atomic E-state index is 9.06. The fraction of sp³-hybridized carbons (Fsp3) is 0.538. The van der Waals surface area contributed by atoms with Crippen molar-refractivity contribution >= 4 is 17.3 Å². The van der Waals surface area contributed by atoms with E-state index in [1.807, 2.05) is 18.2 Å². The SMILES string of the molecule is COCCN(c1ccc(CO)cc1Cl)C1CC1. The van der Waals surface area contributed by atoms with Gasteiger partial charge in [0.05, 0.1) is 23.9 Å². The molecule has 0 bridgehead atoms. The van der Waals surface area contributed by atoms with Crippen LogP contribution in [0.4, 0.5) is 5.69 Å². The van der Waals surface area contributed by atoms with E-state index in [0.717, 1.165) is 17.8 Å². The number of ether oxygens (including phenoxy) is 1. The Morgan fingerprint density at radius 3 is 2.76 bits per heavy atom. The summed E-state index contributed by atoms with van der Waals surface area (Å²) in [7, 11) is 1.71. The molecule has 1 aliphatic carbocycles. The second-order valence-electron chi connectivity index (χ2n) is 4.36. The Morgan fingerprint density at radius 2 is 2.24 bits per heavy atom. The van der Waals surface area contributed by atoms with Crippen molar-refractivity contribution in [3.05, 3.63) is 28.8 Å². The smallest absolute Gasteiger partial charge is 0.0682 e. The van der Waals surface area contributed by atoms with Crippen LogP contribution < -0.4 is 4.90 Å². The standard InChI is InChI=1S/C13H18ClNO2/c1-17-7-6-15(11-3-4-11)13-5-2-10(9-16)8-12(13)14/h2,5,8,11,16H,3-4,6-7,9H2,1H3. The van der Waals surface area contributed by atoms with Gasteiger partial charge in [-0.3, -0.25) is 0 Å². The molecule has 1 aromatic carbocycles. The van der Waals surface area contributed by atoms with Crippen LogP contribution >= 0.6 is 11.6 Å². The third-order valence-electron chi connectivity index (χ3n) is 3.03. The lowest BCUT2D eigenvalue weighted by Gasteiger charge is -2.25. The monoisotopic (exact) mass is 255 g/mol. The first kappa shape index (κ1) is 12.7. The Bertz CT molecular complexity index is 380. The van der Waals surface area contributed by atoms with Gasteiger partial charge in [-0.1, -0.05) is 17.7 Å². The minimum absolute atomic E-state index is 0.0293. The van der Waals surface area contributed by atoms with Crippen LogP contribution in [0.1, 0.15) is 18.4 Å². The molecule has 1 aliphatic rings. The number of hydrogen-bond acceptors (Lipinski definition) is 3. The van der Waals surface area contributed by atoms with E-state index in [2.05, 4.69) is 4.90 Å². The molecule has 0 aliphatic heterocycles. The number of anilines is 1. The highest BCUT2D eigenvalue weighted by molar-refractivity contribution is 6.33. The molecule has 0 unspecified atom stereocenters. The number of hydrogen-bond donors (Lipinski definition) is 1. The predicted molar refractivity (Wildman–Crippen MR) is 69.6 cm³/mol. The fourth-order valence-corrected chi connectivity index (χ4v) is 2.27. The van der Waals surface area contributed by atoms with Crippen LogP contribution in [0.2, 0.25) is 5.02 Å². The maximum absolute atomic E-state index is 9.06. The Hall–Kier alpha value is -0.770. The summed E-state index contributed by atoms with van der Waals surface area (Å²) in [5, 5.41) is 9.77. The number of nitrogens with zero attached hydrogens (tertiary/aromatic N) is 1. The molecular weight excluding hydrogens is 238 g/mol. The summed E-state index contributed by atoms with van der Waals surface area (Å²) >= 11 is 6.26. The summed E-state index contributed by atoms with van der Waals surface area (Å²) in [6.45, 7) is 1.59. The van der Waals surface area contributed by atoms with E-state index < -0.39 is 0 Å². The first-order chi connectivity index (χ1) is 8.26. The zero-order valence-electron chi connectivity index (χ0n) is 10.0. The zero-order chi connectivity index (χ0) is 12.3. The van der Waals surface area contributed by atoms with Gasteiger partial charge in [0.1, 0.15) is 0 Å². The van der Waals surface area contributed by atoms with Crippen LogP contribution in [0.25, 0.3) is 0 Å². The maximum Gasteiger partial charge on any atom is 0.0682 e. The van der Waals surface area contributed by atoms with Crippen LogP contribution in [0.15, 0.2) is 18.2 Å². The van der Waals surface area contributed by atoms with Crippen LogP contribution in [0, 0.1) is 0 Å². The molecule has 1 N–H and O–H groups in total. The molecule has 3 nitrogen and oxygen atoms in total. The van der Waals surface area contributed by atoms with Crippen molar-refractivity contribution < 1.29 is 9.84 Å². The van der Waals surface area contributed by atoms with Gasteiger partial charge >= 0.3 is 0 Å². The molecule has 1 saturated carbocycles. The van der Waals surface area contributed by atoms with E-state index in [4.69, 9.17) is 21.4 Å². The summed E-state index contributed by atoms with van der Waals surface area (Å²) < 4.78 is 5.13. The molecule has 4 heteroatoms. The Morgan fingerprint density at radius 1 is 1.47 bits per heavy atom. The first-order valence-electron chi connectivity index (χ1n) is 5.91. The van der Waals surface area contributed by atoms with Crippen molar-refractivity contribution in [2.24, 2.45) is 0 Å². The summed E-state index contributed by atoms with van der Waals surface area (Å²) in [5.41, 5.74) is 1.89. The summed E-state index contributed by atoms with van der Waals surface area (Å²) in [4.78, 5) is 2.30. The lowest BCUT2D eigenvalue weighted by atomic mass is 10.2. The zero-order valence-corrected chi connectivity index (χ0v) is 10.8. The largest absolute Gasteiger partial charge is 0.392 e. The predicted octanol–water partition coefficient (Wildman–Crippen LogP) is 2.45. The van der Waals surface area contributed by atoms with E-state index >= 15 is 0 Å². The average molecular weight is 256 g/mol. The second kappa shape index (κ2) is 5.71. The van der Waals surface area contributed by atoms with Gasteiger partial charge < -0.3 is 14.7 Å². The highest BCUT2D eigenvalue weighted by Crippen LogP contribution is 2.35. The highest BCUT2D eigenvalue weighted by Gasteiger charge is 2.29. The summed E-state index contributed by atoms with van der Waals surface area (Å²) in [5.74, 6) is 0. The van der Waals surface area contributed by atoms with E-state index in [0.29, 0.717) is 17.7 Å². The minimum Gasteiger partial charge on any atom is -0.392 e. The Kier molecular flexibility index (Phi) is 4.26. The van der Waals surface area contributed by atoms with Crippen molar-refractivity contribution in [3.63, 3.8) is 0 Å². The van der Waals surface area contributed by atoms with Gasteiger partial charge in [-0.15, -0.1) is 0 Å². The van der Waals surface area contributed by atoms with Crippen molar-refractivity contribution in [1.29, 1.82) is 0 Å². The van der Waals surface area contributed by atoms with Crippen LogP contribution in [-0.2, 0) is 11.3 Å². The lowest BCUT2D eigenvalue weighted by molar-refractivity contribution is 0.205. The number of methoxy groups -OCH3 is 1. The van der Waals surface area contributed by atoms with Crippen LogP contribution in [0.5, 0.6) is 0 Å².